The van der Waals surface area contributed by atoms with Gasteiger partial charge in [-0.25, -0.2) is 16.8 Å². The highest BCUT2D eigenvalue weighted by Crippen LogP contribution is 2.46. The zero-order chi connectivity index (χ0) is 56.2. The van der Waals surface area contributed by atoms with Gasteiger partial charge in [0.05, 0.1) is 67.6 Å². The van der Waals surface area contributed by atoms with Crippen LogP contribution >= 0.6 is 0 Å². The molecule has 0 radical (unpaired) electrons. The van der Waals surface area contributed by atoms with Crippen LogP contribution in [0, 0.1) is 34.5 Å². The summed E-state index contributed by atoms with van der Waals surface area (Å²) in [6, 6.07) is 11.6. The minimum Gasteiger partial charge on any atom is -0.381 e. The fourth-order valence-corrected chi connectivity index (χ4v) is 13.2. The molecule has 4 aromatic rings. The van der Waals surface area contributed by atoms with Gasteiger partial charge in [0, 0.05) is 26.6 Å². The SMILES string of the molecule is CO[C@@H]1C[C@H](S(=O)(=O)c2ccc(-c3ccnc(C(F)(F)F)c3)cc2C(F)(F)F)C[C@H]1C(=O)NC1(C#N)CC1.CO[C@H]1C[C@@H](S(=O)(=O)c2ccc(-c3ccnc(C(F)(F)F)c3)cc2C(F)(F)F)C[C@@H]1C(=O)NC1(C#N)CC1. The third-order valence-electron chi connectivity index (χ3n) is 13.7. The predicted octanol–water partition coefficient (Wildman–Crippen LogP) is 9.05. The molecule has 2 heterocycles. The van der Waals surface area contributed by atoms with Gasteiger partial charge >= 0.3 is 24.7 Å². The first-order chi connectivity index (χ1) is 35.2. The van der Waals surface area contributed by atoms with E-state index in [0.29, 0.717) is 62.1 Å². The third kappa shape index (κ3) is 12.1. The van der Waals surface area contributed by atoms with Crippen molar-refractivity contribution in [1.29, 1.82) is 10.5 Å². The number of halogens is 12. The molecule has 2 aromatic carbocycles. The minimum atomic E-state index is -5.15. The maximum atomic E-state index is 14.0. The number of nitriles is 2. The van der Waals surface area contributed by atoms with E-state index < -0.39 is 134 Å². The van der Waals surface area contributed by atoms with Crippen molar-refractivity contribution in [2.75, 3.05) is 14.2 Å². The van der Waals surface area contributed by atoms with Crippen molar-refractivity contribution in [2.45, 2.75) is 120 Å². The van der Waals surface area contributed by atoms with E-state index in [9.17, 15) is 89.6 Å². The maximum Gasteiger partial charge on any atom is 0.433 e. The van der Waals surface area contributed by atoms with Crippen LogP contribution < -0.4 is 10.6 Å². The lowest BCUT2D eigenvalue weighted by Gasteiger charge is -2.19. The maximum absolute atomic E-state index is 14.0. The van der Waals surface area contributed by atoms with Gasteiger partial charge in [0.25, 0.3) is 0 Å². The van der Waals surface area contributed by atoms with E-state index in [-0.39, 0.29) is 47.9 Å². The second kappa shape index (κ2) is 20.5. The van der Waals surface area contributed by atoms with E-state index in [2.05, 4.69) is 20.6 Å². The number of nitrogens with one attached hydrogen (secondary N) is 2. The first kappa shape index (κ1) is 57.3. The largest absolute Gasteiger partial charge is 0.433 e. The zero-order valence-electron chi connectivity index (χ0n) is 39.5. The summed E-state index contributed by atoms with van der Waals surface area (Å²) in [5.41, 5.74) is -8.78. The molecule has 14 nitrogen and oxygen atoms in total. The second-order valence-corrected chi connectivity index (χ2v) is 23.1. The number of aromatic nitrogens is 2. The number of ether oxygens (including phenoxy) is 2. The van der Waals surface area contributed by atoms with Crippen LogP contribution in [0.5, 0.6) is 0 Å². The second-order valence-electron chi connectivity index (χ2n) is 18.7. The van der Waals surface area contributed by atoms with Gasteiger partial charge < -0.3 is 20.1 Å². The average molecular weight is 1120 g/mol. The monoisotopic (exact) mass is 1120 g/mol. The summed E-state index contributed by atoms with van der Waals surface area (Å²) in [7, 11) is -6.83. The van der Waals surface area contributed by atoms with Crippen molar-refractivity contribution in [2.24, 2.45) is 11.8 Å². The zero-order valence-corrected chi connectivity index (χ0v) is 41.1. The number of sulfone groups is 2. The highest BCUT2D eigenvalue weighted by Gasteiger charge is 2.53. The number of alkyl halides is 12. The number of methoxy groups -OCH3 is 2. The van der Waals surface area contributed by atoms with Crippen LogP contribution in [-0.2, 0) is 63.4 Å². The molecule has 2 N–H and O–H groups in total. The number of carbonyl (C=O) groups is 2. The quantitative estimate of drug-likeness (QED) is 0.127. The van der Waals surface area contributed by atoms with Gasteiger partial charge in [-0.1, -0.05) is 12.1 Å². The number of rotatable bonds is 12. The summed E-state index contributed by atoms with van der Waals surface area (Å²) < 4.78 is 227. The topological polar surface area (TPSA) is 218 Å². The number of hydrogen-bond acceptors (Lipinski definition) is 12. The number of pyridine rings is 2. The summed E-state index contributed by atoms with van der Waals surface area (Å²) in [5, 5.41) is 20.8. The Hall–Kier alpha value is -6.36. The highest BCUT2D eigenvalue weighted by molar-refractivity contribution is 7.92. The Balaban J connectivity index is 0.000000221. The van der Waals surface area contributed by atoms with Gasteiger partial charge in [0.1, 0.15) is 22.5 Å². The summed E-state index contributed by atoms with van der Waals surface area (Å²) >= 11 is 0. The molecule has 0 aliphatic heterocycles. The van der Waals surface area contributed by atoms with E-state index in [1.807, 2.05) is 12.1 Å². The van der Waals surface area contributed by atoms with Crippen LogP contribution in [-0.4, -0.2) is 86.6 Å². The first-order valence-corrected chi connectivity index (χ1v) is 25.8. The third-order valence-corrected chi connectivity index (χ3v) is 18.1. The normalized spacial score (nSPS) is 23.1. The lowest BCUT2D eigenvalue weighted by atomic mass is 10.0. The molecule has 4 saturated carbocycles. The lowest BCUT2D eigenvalue weighted by molar-refractivity contribution is -0.141. The molecule has 76 heavy (non-hydrogen) atoms. The van der Waals surface area contributed by atoms with E-state index in [4.69, 9.17) is 9.47 Å². The van der Waals surface area contributed by atoms with Crippen LogP contribution in [0.1, 0.15) is 73.9 Å². The van der Waals surface area contributed by atoms with E-state index in [0.717, 1.165) is 36.7 Å². The molecule has 8 rings (SSSR count). The molecule has 0 saturated heterocycles. The van der Waals surface area contributed by atoms with Crippen LogP contribution in [0.2, 0.25) is 0 Å². The Morgan fingerprint density at radius 2 is 0.868 bits per heavy atom. The molecule has 28 heteroatoms. The van der Waals surface area contributed by atoms with Gasteiger partial charge in [0.15, 0.2) is 19.7 Å². The minimum absolute atomic E-state index is 0.231. The van der Waals surface area contributed by atoms with Crippen LogP contribution in [0.25, 0.3) is 22.3 Å². The number of hydrogen-bond donors (Lipinski definition) is 2. The predicted molar refractivity (Wildman–Crippen MR) is 240 cm³/mol. The Morgan fingerprint density at radius 3 is 1.14 bits per heavy atom. The standard InChI is InChI=1S/2C24H21F6N3O4S/c2*1-37-18-11-15(10-16(18)21(34)33-22(12-31)5-6-22)38(35,36)19-3-2-13(8-17(19)23(25,26)27)14-4-7-32-20(9-14)24(28,29)30/h2*2-4,7-9,15-16,18H,5-6,10-11H2,1H3,(H,33,34)/t2*15-,16-,18-/m10/s1. The van der Waals surface area contributed by atoms with Crippen LogP contribution in [0.3, 0.4) is 0 Å². The molecule has 0 spiro atoms. The lowest BCUT2D eigenvalue weighted by Crippen LogP contribution is -2.42. The van der Waals surface area contributed by atoms with Crippen molar-refractivity contribution >= 4 is 31.5 Å². The summed E-state index contributed by atoms with van der Waals surface area (Å²) in [4.78, 5) is 29.8. The van der Waals surface area contributed by atoms with Crippen molar-refractivity contribution in [1.82, 2.24) is 20.6 Å². The molecular formula is C48H42F12N6O8S2. The Morgan fingerprint density at radius 1 is 0.539 bits per heavy atom. The van der Waals surface area contributed by atoms with Gasteiger partial charge in [-0.3, -0.25) is 19.6 Å². The van der Waals surface area contributed by atoms with Crippen molar-refractivity contribution in [3.05, 3.63) is 95.6 Å². The number of amides is 2. The van der Waals surface area contributed by atoms with E-state index in [1.54, 1.807) is 0 Å². The molecule has 0 unspecified atom stereocenters. The Labute approximate surface area is 425 Å². The number of carbonyl (C=O) groups excluding carboxylic acids is 2. The fraction of sp³-hybridized carbons (Fsp3) is 0.458. The molecule has 2 amide bonds. The van der Waals surface area contributed by atoms with Crippen LogP contribution in [0.15, 0.2) is 82.8 Å². The first-order valence-electron chi connectivity index (χ1n) is 22.7. The highest BCUT2D eigenvalue weighted by atomic mass is 32.2. The number of benzene rings is 2. The molecule has 0 bridgehead atoms. The summed E-state index contributed by atoms with van der Waals surface area (Å²) in [5.74, 6) is -3.23. The molecule has 2 aromatic heterocycles. The summed E-state index contributed by atoms with van der Waals surface area (Å²) in [6.07, 6.45) is -19.6. The molecule has 6 atom stereocenters. The molecular weight excluding hydrogens is 1080 g/mol. The van der Waals surface area contributed by atoms with Crippen LogP contribution in [0.4, 0.5) is 52.7 Å². The Kier molecular flexibility index (Phi) is 15.5. The summed E-state index contributed by atoms with van der Waals surface area (Å²) in [6.45, 7) is 0. The molecule has 4 aliphatic rings. The van der Waals surface area contributed by atoms with Gasteiger partial charge in [-0.05, 0) is 122 Å². The molecule has 4 aliphatic carbocycles. The molecule has 4 fully saturated rings. The van der Waals surface area contributed by atoms with Crippen molar-refractivity contribution < 1.29 is 88.6 Å². The van der Waals surface area contributed by atoms with Crippen molar-refractivity contribution in [3.63, 3.8) is 0 Å². The van der Waals surface area contributed by atoms with Gasteiger partial charge in [0.2, 0.25) is 11.8 Å². The van der Waals surface area contributed by atoms with Crippen molar-refractivity contribution in [3.8, 4) is 34.4 Å². The average Bonchev–Trinajstić information content (AvgIpc) is 4.21. The van der Waals surface area contributed by atoms with E-state index >= 15 is 0 Å². The fourth-order valence-electron chi connectivity index (χ4n) is 9.17. The smallest absolute Gasteiger partial charge is 0.381 e. The van der Waals surface area contributed by atoms with Gasteiger partial charge in [-0.2, -0.15) is 63.2 Å². The van der Waals surface area contributed by atoms with E-state index in [1.165, 1.54) is 14.2 Å². The molecule has 408 valence electrons. The Bertz CT molecular complexity index is 3010. The van der Waals surface area contributed by atoms with Gasteiger partial charge in [-0.15, -0.1) is 0 Å². The number of nitrogens with zero attached hydrogens (tertiary/aromatic N) is 4.